The van der Waals surface area contributed by atoms with Crippen LogP contribution in [0, 0.1) is 6.92 Å². The third kappa shape index (κ3) is 3.81. The van der Waals surface area contributed by atoms with E-state index < -0.39 is 0 Å². The van der Waals surface area contributed by atoms with E-state index in [9.17, 15) is 0 Å². The SMILES string of the molecule is CCCN1c2ccc(C=Nc3ccc(C)c(Cl)c3)cc2C(C)CC1(C)C. The van der Waals surface area contributed by atoms with E-state index in [0.717, 1.165) is 34.8 Å². The van der Waals surface area contributed by atoms with Crippen molar-refractivity contribution in [2.45, 2.75) is 58.9 Å². The summed E-state index contributed by atoms with van der Waals surface area (Å²) in [5.74, 6) is 0.551. The molecule has 1 heterocycles. The minimum absolute atomic E-state index is 0.205. The van der Waals surface area contributed by atoms with Crippen LogP contribution in [0.2, 0.25) is 5.02 Å². The molecule has 0 bridgehead atoms. The molecule has 3 heteroatoms. The van der Waals surface area contributed by atoms with Crippen molar-refractivity contribution in [3.63, 3.8) is 0 Å². The fourth-order valence-electron chi connectivity index (χ4n) is 4.05. The normalized spacial score (nSPS) is 19.0. The number of hydrogen-bond acceptors (Lipinski definition) is 2. The molecule has 1 unspecified atom stereocenters. The van der Waals surface area contributed by atoms with Crippen molar-refractivity contribution in [3.8, 4) is 0 Å². The zero-order chi connectivity index (χ0) is 18.9. The van der Waals surface area contributed by atoms with Gasteiger partial charge in [-0.1, -0.05) is 37.6 Å². The van der Waals surface area contributed by atoms with Crippen molar-refractivity contribution in [1.29, 1.82) is 0 Å². The maximum Gasteiger partial charge on any atom is 0.0644 e. The number of hydrogen-bond donors (Lipinski definition) is 0. The third-order valence-corrected chi connectivity index (χ3v) is 5.78. The third-order valence-electron chi connectivity index (χ3n) is 5.38. The highest BCUT2D eigenvalue weighted by atomic mass is 35.5. The van der Waals surface area contributed by atoms with E-state index in [1.54, 1.807) is 0 Å². The summed E-state index contributed by atoms with van der Waals surface area (Å²) in [6.07, 6.45) is 4.28. The Bertz CT molecular complexity index is 823. The Labute approximate surface area is 162 Å². The van der Waals surface area contributed by atoms with Gasteiger partial charge in [-0.15, -0.1) is 0 Å². The van der Waals surface area contributed by atoms with Gasteiger partial charge in [-0.3, -0.25) is 4.99 Å². The maximum absolute atomic E-state index is 6.20. The number of anilines is 1. The summed E-state index contributed by atoms with van der Waals surface area (Å²) in [5.41, 5.74) is 6.13. The van der Waals surface area contributed by atoms with Crippen LogP contribution in [0.1, 0.15) is 63.1 Å². The molecule has 2 aromatic rings. The predicted molar refractivity (Wildman–Crippen MR) is 115 cm³/mol. The maximum atomic E-state index is 6.20. The Kier molecular flexibility index (Phi) is 5.43. The van der Waals surface area contributed by atoms with Gasteiger partial charge in [0.15, 0.2) is 0 Å². The van der Waals surface area contributed by atoms with Gasteiger partial charge in [0.25, 0.3) is 0 Å². The highest BCUT2D eigenvalue weighted by Gasteiger charge is 2.35. The molecule has 0 aliphatic carbocycles. The lowest BCUT2D eigenvalue weighted by Gasteiger charge is -2.47. The first-order valence-corrected chi connectivity index (χ1v) is 9.91. The number of nitrogens with zero attached hydrogens (tertiary/aromatic N) is 2. The van der Waals surface area contributed by atoms with Crippen LogP contribution >= 0.6 is 11.6 Å². The molecule has 0 N–H and O–H groups in total. The van der Waals surface area contributed by atoms with E-state index in [0.29, 0.717) is 5.92 Å². The van der Waals surface area contributed by atoms with Crippen molar-refractivity contribution in [1.82, 2.24) is 0 Å². The first-order valence-electron chi connectivity index (χ1n) is 9.53. The van der Waals surface area contributed by atoms with Crippen molar-refractivity contribution in [3.05, 3.63) is 58.1 Å². The summed E-state index contributed by atoms with van der Waals surface area (Å²) >= 11 is 6.20. The molecule has 0 spiro atoms. The molecule has 1 aliphatic heterocycles. The number of aliphatic imine (C=N–C) groups is 1. The number of benzene rings is 2. The predicted octanol–water partition coefficient (Wildman–Crippen LogP) is 6.90. The Balaban J connectivity index is 1.91. The summed E-state index contributed by atoms with van der Waals surface area (Å²) in [6.45, 7) is 12.4. The molecule has 0 fully saturated rings. The molecule has 0 aromatic heterocycles. The second kappa shape index (κ2) is 7.44. The molecule has 26 heavy (non-hydrogen) atoms. The number of halogens is 1. The molecule has 0 saturated heterocycles. The average Bonchev–Trinajstić information content (AvgIpc) is 2.59. The fourth-order valence-corrected chi connectivity index (χ4v) is 4.22. The monoisotopic (exact) mass is 368 g/mol. The second-order valence-corrected chi connectivity index (χ2v) is 8.49. The summed E-state index contributed by atoms with van der Waals surface area (Å²) in [7, 11) is 0. The number of aryl methyl sites for hydroxylation is 1. The Morgan fingerprint density at radius 2 is 2.00 bits per heavy atom. The van der Waals surface area contributed by atoms with Crippen molar-refractivity contribution in [2.24, 2.45) is 4.99 Å². The van der Waals surface area contributed by atoms with E-state index >= 15 is 0 Å². The summed E-state index contributed by atoms with van der Waals surface area (Å²) < 4.78 is 0. The van der Waals surface area contributed by atoms with Crippen molar-refractivity contribution < 1.29 is 0 Å². The van der Waals surface area contributed by atoms with Gasteiger partial charge in [-0.2, -0.15) is 0 Å². The van der Waals surface area contributed by atoms with Crippen LogP contribution in [0.3, 0.4) is 0 Å². The smallest absolute Gasteiger partial charge is 0.0644 e. The van der Waals surface area contributed by atoms with Gasteiger partial charge in [0.05, 0.1) is 5.69 Å². The highest BCUT2D eigenvalue weighted by Crippen LogP contribution is 2.43. The lowest BCUT2D eigenvalue weighted by molar-refractivity contribution is 0.376. The van der Waals surface area contributed by atoms with E-state index in [2.05, 4.69) is 55.8 Å². The van der Waals surface area contributed by atoms with Crippen LogP contribution in [0.5, 0.6) is 0 Å². The molecule has 0 amide bonds. The summed E-state index contributed by atoms with van der Waals surface area (Å²) in [4.78, 5) is 7.19. The van der Waals surface area contributed by atoms with Crippen LogP contribution in [-0.2, 0) is 0 Å². The zero-order valence-corrected chi connectivity index (χ0v) is 17.3. The largest absolute Gasteiger partial charge is 0.366 e. The molecule has 1 aliphatic rings. The lowest BCUT2D eigenvalue weighted by atomic mass is 9.79. The summed E-state index contributed by atoms with van der Waals surface area (Å²) in [6, 6.07) is 12.7. The summed E-state index contributed by atoms with van der Waals surface area (Å²) in [5, 5.41) is 0.760. The molecular formula is C23H29ClN2. The van der Waals surface area contributed by atoms with Gasteiger partial charge in [-0.25, -0.2) is 0 Å². The zero-order valence-electron chi connectivity index (χ0n) is 16.5. The van der Waals surface area contributed by atoms with Crippen LogP contribution in [0.25, 0.3) is 0 Å². The Morgan fingerprint density at radius 3 is 2.69 bits per heavy atom. The number of fused-ring (bicyclic) bond motifs is 1. The molecule has 1 atom stereocenters. The first kappa shape index (κ1) is 19.0. The quantitative estimate of drug-likeness (QED) is 0.536. The van der Waals surface area contributed by atoms with E-state index in [-0.39, 0.29) is 5.54 Å². The standard InChI is InChI=1S/C23H29ClN2/c1-6-11-26-22-10-8-18(12-20(22)17(3)14-23(26,4)5)15-25-19-9-7-16(2)21(24)13-19/h7-10,12-13,15,17H,6,11,14H2,1-5H3. The van der Waals surface area contributed by atoms with Crippen LogP contribution in [0.15, 0.2) is 41.4 Å². The Hall–Kier alpha value is -1.80. The second-order valence-electron chi connectivity index (χ2n) is 8.08. The van der Waals surface area contributed by atoms with Crippen molar-refractivity contribution >= 4 is 29.2 Å². The van der Waals surface area contributed by atoms with Crippen molar-refractivity contribution in [2.75, 3.05) is 11.4 Å². The van der Waals surface area contributed by atoms with Crippen LogP contribution in [-0.4, -0.2) is 18.3 Å². The molecular weight excluding hydrogens is 340 g/mol. The molecule has 0 radical (unpaired) electrons. The van der Waals surface area contributed by atoms with Gasteiger partial charge >= 0.3 is 0 Å². The minimum atomic E-state index is 0.205. The lowest BCUT2D eigenvalue weighted by Crippen LogP contribution is -2.48. The van der Waals surface area contributed by atoms with Gasteiger partial charge in [0.1, 0.15) is 0 Å². The van der Waals surface area contributed by atoms with Crippen LogP contribution < -0.4 is 4.90 Å². The first-order chi connectivity index (χ1) is 12.3. The topological polar surface area (TPSA) is 15.6 Å². The van der Waals surface area contributed by atoms with E-state index in [4.69, 9.17) is 11.6 Å². The van der Waals surface area contributed by atoms with Gasteiger partial charge in [0.2, 0.25) is 0 Å². The molecule has 3 rings (SSSR count). The Morgan fingerprint density at radius 1 is 1.23 bits per heavy atom. The molecule has 0 saturated carbocycles. The molecule has 2 aromatic carbocycles. The minimum Gasteiger partial charge on any atom is -0.366 e. The van der Waals surface area contributed by atoms with E-state index in [1.807, 2.05) is 31.3 Å². The van der Waals surface area contributed by atoms with Gasteiger partial charge in [0, 0.05) is 29.0 Å². The van der Waals surface area contributed by atoms with E-state index in [1.165, 1.54) is 17.7 Å². The van der Waals surface area contributed by atoms with Gasteiger partial charge in [-0.05, 0) is 80.5 Å². The van der Waals surface area contributed by atoms with Gasteiger partial charge < -0.3 is 4.90 Å². The average molecular weight is 369 g/mol. The highest BCUT2D eigenvalue weighted by molar-refractivity contribution is 6.31. The van der Waals surface area contributed by atoms with Crippen LogP contribution in [0.4, 0.5) is 11.4 Å². The fraction of sp³-hybridized carbons (Fsp3) is 0.435. The molecule has 2 nitrogen and oxygen atoms in total. The number of rotatable bonds is 4. The molecule has 138 valence electrons.